The first-order valence-electron chi connectivity index (χ1n) is 6.02. The third-order valence-electron chi connectivity index (χ3n) is 2.39. The second kappa shape index (κ2) is 6.83. The monoisotopic (exact) mass is 269 g/mol. The van der Waals surface area contributed by atoms with Crippen LogP contribution in [0.4, 0.5) is 0 Å². The lowest BCUT2D eigenvalue weighted by atomic mass is 10.0. The molecule has 1 heterocycles. The summed E-state index contributed by atoms with van der Waals surface area (Å²) in [7, 11) is 0. The van der Waals surface area contributed by atoms with E-state index in [0.717, 1.165) is 0 Å². The van der Waals surface area contributed by atoms with Gasteiger partial charge in [-0.1, -0.05) is 19.1 Å². The fraction of sp³-hybridized carbons (Fsp3) is 0.636. The van der Waals surface area contributed by atoms with E-state index in [1.165, 1.54) is 10.9 Å². The lowest BCUT2D eigenvalue weighted by Crippen LogP contribution is -2.41. The summed E-state index contributed by atoms with van der Waals surface area (Å²) < 4.78 is 1.19. The van der Waals surface area contributed by atoms with Gasteiger partial charge in [0.15, 0.2) is 0 Å². The average Bonchev–Trinajstić information content (AvgIpc) is 2.71. The van der Waals surface area contributed by atoms with Crippen molar-refractivity contribution in [2.24, 2.45) is 11.7 Å². The molecular formula is C11H19N5O3. The van der Waals surface area contributed by atoms with Crippen molar-refractivity contribution in [2.75, 3.05) is 0 Å². The van der Waals surface area contributed by atoms with Gasteiger partial charge in [-0.2, -0.15) is 0 Å². The molecule has 106 valence electrons. The van der Waals surface area contributed by atoms with Crippen LogP contribution >= 0.6 is 0 Å². The molecule has 1 aromatic rings. The zero-order valence-electron chi connectivity index (χ0n) is 11.0. The number of rotatable bonds is 7. The summed E-state index contributed by atoms with van der Waals surface area (Å²) in [6.07, 6.45) is 2.08. The fourth-order valence-corrected chi connectivity index (χ4v) is 1.56. The summed E-state index contributed by atoms with van der Waals surface area (Å²) in [5.74, 6) is -0.905. The molecule has 1 aromatic heterocycles. The molecule has 1 amide bonds. The van der Waals surface area contributed by atoms with Gasteiger partial charge in [-0.3, -0.25) is 9.59 Å². The molecule has 0 saturated heterocycles. The lowest BCUT2D eigenvalue weighted by molar-refractivity contribution is -0.138. The molecular weight excluding hydrogens is 250 g/mol. The number of aliphatic carboxylic acids is 1. The van der Waals surface area contributed by atoms with E-state index in [1.807, 2.05) is 13.8 Å². The summed E-state index contributed by atoms with van der Waals surface area (Å²) >= 11 is 0. The minimum absolute atomic E-state index is 0.185. The van der Waals surface area contributed by atoms with Crippen LogP contribution in [0, 0.1) is 5.92 Å². The van der Waals surface area contributed by atoms with Gasteiger partial charge in [0.25, 0.3) is 0 Å². The molecule has 0 bridgehead atoms. The number of aromatic nitrogens is 3. The highest BCUT2D eigenvalue weighted by Gasteiger charge is 2.15. The number of amides is 1. The van der Waals surface area contributed by atoms with Crippen molar-refractivity contribution in [3.05, 3.63) is 11.9 Å². The third-order valence-corrected chi connectivity index (χ3v) is 2.39. The molecule has 0 aliphatic rings. The van der Waals surface area contributed by atoms with E-state index in [2.05, 4.69) is 15.6 Å². The summed E-state index contributed by atoms with van der Waals surface area (Å²) in [5, 5.41) is 18.6. The fourth-order valence-electron chi connectivity index (χ4n) is 1.56. The van der Waals surface area contributed by atoms with Crippen LogP contribution in [0.25, 0.3) is 0 Å². The smallest absolute Gasteiger partial charge is 0.325 e. The highest BCUT2D eigenvalue weighted by molar-refractivity contribution is 5.81. The number of nitrogens with one attached hydrogen (secondary N) is 1. The van der Waals surface area contributed by atoms with Gasteiger partial charge in [-0.05, 0) is 12.3 Å². The topological polar surface area (TPSA) is 123 Å². The van der Waals surface area contributed by atoms with Gasteiger partial charge in [0.05, 0.1) is 18.8 Å². The lowest BCUT2D eigenvalue weighted by Gasteiger charge is -2.13. The Labute approximate surface area is 111 Å². The molecule has 0 saturated carbocycles. The maximum atomic E-state index is 11.7. The molecule has 1 atom stereocenters. The van der Waals surface area contributed by atoms with Gasteiger partial charge in [0, 0.05) is 0 Å². The van der Waals surface area contributed by atoms with Gasteiger partial charge in [-0.25, -0.2) is 4.68 Å². The molecule has 0 spiro atoms. The zero-order chi connectivity index (χ0) is 14.4. The van der Waals surface area contributed by atoms with Crippen molar-refractivity contribution in [1.82, 2.24) is 20.3 Å². The first kappa shape index (κ1) is 15.1. The van der Waals surface area contributed by atoms with Crippen LogP contribution in [0.1, 0.15) is 26.0 Å². The summed E-state index contributed by atoms with van der Waals surface area (Å²) in [6.45, 7) is 3.91. The number of carboxylic acids is 1. The number of carboxylic acid groups (broad SMARTS) is 1. The van der Waals surface area contributed by atoms with Gasteiger partial charge >= 0.3 is 5.97 Å². The Morgan fingerprint density at radius 1 is 1.53 bits per heavy atom. The molecule has 0 aliphatic heterocycles. The second-order valence-corrected chi connectivity index (χ2v) is 4.76. The Kier molecular flexibility index (Phi) is 5.43. The largest absolute Gasteiger partial charge is 0.480 e. The molecule has 0 aliphatic carbocycles. The molecule has 0 fully saturated rings. The van der Waals surface area contributed by atoms with Crippen LogP contribution in [-0.4, -0.2) is 38.0 Å². The zero-order valence-corrected chi connectivity index (χ0v) is 11.0. The molecule has 0 radical (unpaired) electrons. The number of carbonyl (C=O) groups excluding carboxylic acids is 1. The highest BCUT2D eigenvalue weighted by Crippen LogP contribution is 2.02. The Balaban J connectivity index is 2.41. The Morgan fingerprint density at radius 3 is 2.79 bits per heavy atom. The van der Waals surface area contributed by atoms with Gasteiger partial charge in [0.2, 0.25) is 5.91 Å². The van der Waals surface area contributed by atoms with E-state index in [4.69, 9.17) is 10.8 Å². The Morgan fingerprint density at radius 2 is 2.21 bits per heavy atom. The van der Waals surface area contributed by atoms with Crippen LogP contribution in [-0.2, 0) is 22.7 Å². The quantitative estimate of drug-likeness (QED) is 0.604. The van der Waals surface area contributed by atoms with Crippen LogP contribution in [0.5, 0.6) is 0 Å². The van der Waals surface area contributed by atoms with E-state index in [9.17, 15) is 9.59 Å². The number of carbonyl (C=O) groups is 2. The predicted octanol–water partition coefficient (Wildman–Crippen LogP) is -0.648. The number of nitrogens with zero attached hydrogens (tertiary/aromatic N) is 3. The predicted molar refractivity (Wildman–Crippen MR) is 66.9 cm³/mol. The Bertz CT molecular complexity index is 443. The van der Waals surface area contributed by atoms with Crippen LogP contribution < -0.4 is 11.1 Å². The number of hydrogen-bond acceptors (Lipinski definition) is 5. The van der Waals surface area contributed by atoms with E-state index < -0.39 is 12.0 Å². The van der Waals surface area contributed by atoms with Crippen LogP contribution in [0.2, 0.25) is 0 Å². The summed E-state index contributed by atoms with van der Waals surface area (Å²) in [6, 6.07) is -0.547. The van der Waals surface area contributed by atoms with Crippen molar-refractivity contribution in [3.63, 3.8) is 0 Å². The minimum Gasteiger partial charge on any atom is -0.480 e. The van der Waals surface area contributed by atoms with Crippen molar-refractivity contribution in [3.8, 4) is 0 Å². The third kappa shape index (κ3) is 5.47. The SMILES string of the molecule is CC(C)C[C@H](N)C(=O)NCc1cn(CC(=O)O)nn1. The maximum Gasteiger partial charge on any atom is 0.325 e. The van der Waals surface area contributed by atoms with Crippen LogP contribution in [0.3, 0.4) is 0 Å². The molecule has 4 N–H and O–H groups in total. The van der Waals surface area contributed by atoms with Crippen molar-refractivity contribution >= 4 is 11.9 Å². The first-order valence-corrected chi connectivity index (χ1v) is 6.02. The molecule has 19 heavy (non-hydrogen) atoms. The number of nitrogens with two attached hydrogens (primary N) is 1. The van der Waals surface area contributed by atoms with Crippen molar-refractivity contribution < 1.29 is 14.7 Å². The molecule has 8 heteroatoms. The van der Waals surface area contributed by atoms with Crippen LogP contribution in [0.15, 0.2) is 6.20 Å². The Hall–Kier alpha value is -1.96. The van der Waals surface area contributed by atoms with Crippen molar-refractivity contribution in [2.45, 2.75) is 39.4 Å². The summed E-state index contributed by atoms with van der Waals surface area (Å²) in [5.41, 5.74) is 6.21. The van der Waals surface area contributed by atoms with Gasteiger partial charge in [-0.15, -0.1) is 5.10 Å². The van der Waals surface area contributed by atoms with E-state index in [0.29, 0.717) is 18.0 Å². The first-order chi connectivity index (χ1) is 8.88. The molecule has 1 rings (SSSR count). The number of hydrogen-bond donors (Lipinski definition) is 3. The normalized spacial score (nSPS) is 12.4. The minimum atomic E-state index is -1.00. The summed E-state index contributed by atoms with van der Waals surface area (Å²) in [4.78, 5) is 22.1. The highest BCUT2D eigenvalue weighted by atomic mass is 16.4. The molecule has 0 aromatic carbocycles. The second-order valence-electron chi connectivity index (χ2n) is 4.76. The van der Waals surface area contributed by atoms with E-state index >= 15 is 0 Å². The van der Waals surface area contributed by atoms with Crippen molar-refractivity contribution in [1.29, 1.82) is 0 Å². The molecule has 0 unspecified atom stereocenters. The molecule has 8 nitrogen and oxygen atoms in total. The maximum absolute atomic E-state index is 11.7. The van der Waals surface area contributed by atoms with E-state index in [1.54, 1.807) is 0 Å². The van der Waals surface area contributed by atoms with E-state index in [-0.39, 0.29) is 19.0 Å². The van der Waals surface area contributed by atoms with Gasteiger partial charge < -0.3 is 16.2 Å². The average molecular weight is 269 g/mol. The van der Waals surface area contributed by atoms with Gasteiger partial charge in [0.1, 0.15) is 12.2 Å². The standard InChI is InChI=1S/C11H19N5O3/c1-7(2)3-9(12)11(19)13-4-8-5-16(15-14-8)6-10(17)18/h5,7,9H,3-4,6,12H2,1-2H3,(H,13,19)(H,17,18)/t9-/m0/s1.